The number of nitrogens with zero attached hydrogens (tertiary/aromatic N) is 1. The molecule has 2 fully saturated rings. The summed E-state index contributed by atoms with van der Waals surface area (Å²) in [5.41, 5.74) is 1.91. The van der Waals surface area contributed by atoms with E-state index in [0.29, 0.717) is 28.2 Å². The molecular weight excluding hydrogens is 408 g/mol. The zero-order chi connectivity index (χ0) is 20.6. The van der Waals surface area contributed by atoms with Gasteiger partial charge in [-0.1, -0.05) is 36.2 Å². The van der Waals surface area contributed by atoms with E-state index in [0.717, 1.165) is 17.9 Å². The molecule has 0 aromatic heterocycles. The number of fused-ring (bicyclic) bond motifs is 2. The van der Waals surface area contributed by atoms with Gasteiger partial charge in [-0.05, 0) is 67.0 Å². The zero-order valence-electron chi connectivity index (χ0n) is 16.3. The zero-order valence-corrected chi connectivity index (χ0v) is 17.9. The summed E-state index contributed by atoms with van der Waals surface area (Å²) in [6.45, 7) is 0.174. The van der Waals surface area contributed by atoms with Crippen molar-refractivity contribution in [2.24, 2.45) is 11.8 Å². The topological polar surface area (TPSA) is 66.5 Å². The highest BCUT2D eigenvalue weighted by Crippen LogP contribution is 2.44. The molecule has 2 saturated carbocycles. The van der Waals surface area contributed by atoms with Crippen molar-refractivity contribution in [3.8, 4) is 0 Å². The maximum Gasteiger partial charge on any atom is 0.251 e. The van der Waals surface area contributed by atoms with E-state index in [2.05, 4.69) is 5.32 Å². The van der Waals surface area contributed by atoms with Gasteiger partial charge in [0.25, 0.3) is 5.91 Å². The van der Waals surface area contributed by atoms with Crippen LogP contribution in [-0.2, 0) is 16.6 Å². The van der Waals surface area contributed by atoms with Crippen molar-refractivity contribution in [2.45, 2.75) is 38.3 Å². The van der Waals surface area contributed by atoms with Crippen LogP contribution in [0.25, 0.3) is 0 Å². The molecule has 1 amide bonds. The Bertz CT molecular complexity index is 1010. The van der Waals surface area contributed by atoms with Crippen molar-refractivity contribution in [2.75, 3.05) is 10.6 Å². The standard InChI is InChI=1S/C22H25ClN2O3S/c1-29(27,28)25(20-4-2-3-19(23)13-20)14-15-5-8-17(9-6-15)22(26)24-21-12-16-7-10-18(21)11-16/h2-6,8-9,13,16,18,21H,7,10-12,14H2,1H3,(H,24,26). The third kappa shape index (κ3) is 4.59. The van der Waals surface area contributed by atoms with Crippen LogP contribution >= 0.6 is 11.6 Å². The summed E-state index contributed by atoms with van der Waals surface area (Å²) < 4.78 is 25.9. The van der Waals surface area contributed by atoms with Gasteiger partial charge in [-0.25, -0.2) is 8.42 Å². The second kappa shape index (κ2) is 8.00. The molecule has 0 spiro atoms. The summed E-state index contributed by atoms with van der Waals surface area (Å²) in [7, 11) is -3.48. The van der Waals surface area contributed by atoms with Crippen molar-refractivity contribution >= 4 is 33.2 Å². The monoisotopic (exact) mass is 432 g/mol. The van der Waals surface area contributed by atoms with Gasteiger partial charge in [-0.2, -0.15) is 0 Å². The van der Waals surface area contributed by atoms with Crippen LogP contribution in [0.4, 0.5) is 5.69 Å². The van der Waals surface area contributed by atoms with Crippen LogP contribution in [0.2, 0.25) is 5.02 Å². The fraction of sp³-hybridized carbons (Fsp3) is 0.409. The first-order chi connectivity index (χ1) is 13.8. The van der Waals surface area contributed by atoms with E-state index in [1.807, 2.05) is 0 Å². The van der Waals surface area contributed by atoms with Crippen molar-refractivity contribution in [3.05, 3.63) is 64.7 Å². The fourth-order valence-electron chi connectivity index (χ4n) is 4.63. The van der Waals surface area contributed by atoms with Crippen LogP contribution < -0.4 is 9.62 Å². The second-order valence-electron chi connectivity index (χ2n) is 8.20. The van der Waals surface area contributed by atoms with Gasteiger partial charge in [0.05, 0.1) is 18.5 Å². The summed E-state index contributed by atoms with van der Waals surface area (Å²) in [6.07, 6.45) is 6.03. The Morgan fingerprint density at radius 1 is 1.14 bits per heavy atom. The number of benzene rings is 2. The number of amides is 1. The predicted molar refractivity (Wildman–Crippen MR) is 116 cm³/mol. The number of hydrogen-bond donors (Lipinski definition) is 1. The molecule has 2 aliphatic carbocycles. The molecule has 5 nitrogen and oxygen atoms in total. The highest BCUT2D eigenvalue weighted by molar-refractivity contribution is 7.92. The maximum absolute atomic E-state index is 12.6. The molecule has 2 aliphatic rings. The van der Waals surface area contributed by atoms with Crippen LogP contribution in [0.15, 0.2) is 48.5 Å². The third-order valence-electron chi connectivity index (χ3n) is 6.09. The van der Waals surface area contributed by atoms with Gasteiger partial charge in [-0.15, -0.1) is 0 Å². The Morgan fingerprint density at radius 2 is 1.90 bits per heavy atom. The number of carbonyl (C=O) groups is 1. The molecule has 4 rings (SSSR count). The summed E-state index contributed by atoms with van der Waals surface area (Å²) in [4.78, 5) is 12.6. The van der Waals surface area contributed by atoms with Crippen LogP contribution in [0.5, 0.6) is 0 Å². The minimum Gasteiger partial charge on any atom is -0.349 e. The van der Waals surface area contributed by atoms with Crippen LogP contribution in [-0.4, -0.2) is 26.6 Å². The number of nitrogens with one attached hydrogen (secondary N) is 1. The van der Waals surface area contributed by atoms with E-state index in [-0.39, 0.29) is 12.5 Å². The van der Waals surface area contributed by atoms with Crippen LogP contribution in [0, 0.1) is 11.8 Å². The minimum absolute atomic E-state index is 0.0519. The number of anilines is 1. The summed E-state index contributed by atoms with van der Waals surface area (Å²) >= 11 is 6.02. The van der Waals surface area contributed by atoms with Gasteiger partial charge in [0.15, 0.2) is 0 Å². The maximum atomic E-state index is 12.6. The quantitative estimate of drug-likeness (QED) is 0.742. The van der Waals surface area contributed by atoms with Crippen LogP contribution in [0.1, 0.15) is 41.6 Å². The van der Waals surface area contributed by atoms with Crippen molar-refractivity contribution in [1.29, 1.82) is 0 Å². The smallest absolute Gasteiger partial charge is 0.251 e. The molecule has 0 aliphatic heterocycles. The first kappa shape index (κ1) is 20.2. The number of carbonyl (C=O) groups excluding carboxylic acids is 1. The number of hydrogen-bond acceptors (Lipinski definition) is 3. The van der Waals surface area contributed by atoms with Gasteiger partial charge in [0.1, 0.15) is 0 Å². The molecule has 7 heteroatoms. The second-order valence-corrected chi connectivity index (χ2v) is 10.5. The van der Waals surface area contributed by atoms with Crippen molar-refractivity contribution in [3.63, 3.8) is 0 Å². The van der Waals surface area contributed by atoms with Crippen molar-refractivity contribution < 1.29 is 13.2 Å². The van der Waals surface area contributed by atoms with E-state index in [1.54, 1.807) is 48.5 Å². The van der Waals surface area contributed by atoms with Gasteiger partial charge in [-0.3, -0.25) is 9.10 Å². The lowest BCUT2D eigenvalue weighted by Crippen LogP contribution is -2.38. The van der Waals surface area contributed by atoms with E-state index in [4.69, 9.17) is 11.6 Å². The highest BCUT2D eigenvalue weighted by Gasteiger charge is 2.40. The first-order valence-corrected chi connectivity index (χ1v) is 12.2. The first-order valence-electron chi connectivity index (χ1n) is 9.92. The Balaban J connectivity index is 1.45. The highest BCUT2D eigenvalue weighted by atomic mass is 35.5. The van der Waals surface area contributed by atoms with E-state index >= 15 is 0 Å². The third-order valence-corrected chi connectivity index (χ3v) is 7.47. The summed E-state index contributed by atoms with van der Waals surface area (Å²) in [5.74, 6) is 1.36. The van der Waals surface area contributed by atoms with E-state index in [1.165, 1.54) is 29.8 Å². The SMILES string of the molecule is CS(=O)(=O)N(Cc1ccc(C(=O)NC2CC3CCC2C3)cc1)c1cccc(Cl)c1. The molecule has 3 unspecified atom stereocenters. The van der Waals surface area contributed by atoms with Gasteiger partial charge < -0.3 is 5.32 Å². The average Bonchev–Trinajstić information content (AvgIpc) is 3.28. The Kier molecular flexibility index (Phi) is 5.58. The molecular formula is C22H25ClN2O3S. The lowest BCUT2D eigenvalue weighted by Gasteiger charge is -2.23. The molecule has 0 saturated heterocycles. The Hall–Kier alpha value is -2.05. The molecule has 2 aromatic rings. The molecule has 154 valence electrons. The molecule has 1 N–H and O–H groups in total. The summed E-state index contributed by atoms with van der Waals surface area (Å²) in [6, 6.07) is 14.2. The van der Waals surface area contributed by atoms with Gasteiger partial charge >= 0.3 is 0 Å². The van der Waals surface area contributed by atoms with Crippen LogP contribution in [0.3, 0.4) is 0 Å². The number of rotatable bonds is 6. The Morgan fingerprint density at radius 3 is 2.48 bits per heavy atom. The minimum atomic E-state index is -3.48. The predicted octanol–water partition coefficient (Wildman–Crippen LogP) is 4.22. The molecule has 3 atom stereocenters. The average molecular weight is 433 g/mol. The number of sulfonamides is 1. The van der Waals surface area contributed by atoms with E-state index in [9.17, 15) is 13.2 Å². The van der Waals surface area contributed by atoms with Gasteiger partial charge in [0, 0.05) is 16.6 Å². The molecule has 0 heterocycles. The summed E-state index contributed by atoms with van der Waals surface area (Å²) in [5, 5.41) is 3.66. The lowest BCUT2D eigenvalue weighted by molar-refractivity contribution is 0.0923. The fourth-order valence-corrected chi connectivity index (χ4v) is 5.70. The molecule has 2 aromatic carbocycles. The normalized spacial score (nSPS) is 23.2. The molecule has 0 radical (unpaired) electrons. The Labute approximate surface area is 177 Å². The largest absolute Gasteiger partial charge is 0.349 e. The molecule has 2 bridgehead atoms. The van der Waals surface area contributed by atoms with Gasteiger partial charge in [0.2, 0.25) is 10.0 Å². The van der Waals surface area contributed by atoms with Crippen molar-refractivity contribution in [1.82, 2.24) is 5.32 Å². The molecule has 29 heavy (non-hydrogen) atoms. The van der Waals surface area contributed by atoms with E-state index < -0.39 is 10.0 Å². The number of halogens is 1. The lowest BCUT2D eigenvalue weighted by atomic mass is 9.95.